The largest absolute Gasteiger partial charge is 0.311 e. The van der Waals surface area contributed by atoms with Crippen molar-refractivity contribution in [3.8, 4) is 0 Å². The third kappa shape index (κ3) is 3.73. The molecule has 21 heavy (non-hydrogen) atoms. The molecule has 1 nitrogen and oxygen atoms in total. The summed E-state index contributed by atoms with van der Waals surface area (Å²) in [6, 6.07) is 18.9. The van der Waals surface area contributed by atoms with E-state index in [2.05, 4.69) is 73.0 Å². The molecular formula is C20H21N. The molecule has 0 atom stereocenters. The number of para-hydroxylation sites is 1. The lowest BCUT2D eigenvalue weighted by Crippen LogP contribution is -2.15. The molecule has 0 bridgehead atoms. The van der Waals surface area contributed by atoms with Crippen LogP contribution in [0.4, 0.5) is 11.4 Å². The lowest BCUT2D eigenvalue weighted by Gasteiger charge is -2.26. The average Bonchev–Trinajstić information content (AvgIpc) is 2.49. The summed E-state index contributed by atoms with van der Waals surface area (Å²) in [6.07, 6.45) is 7.98. The van der Waals surface area contributed by atoms with Crippen molar-refractivity contribution in [1.29, 1.82) is 0 Å². The van der Waals surface area contributed by atoms with Crippen molar-refractivity contribution in [2.75, 3.05) is 4.90 Å². The smallest absolute Gasteiger partial charge is 0.0464 e. The second-order valence-electron chi connectivity index (χ2n) is 4.84. The van der Waals surface area contributed by atoms with Gasteiger partial charge in [0.2, 0.25) is 0 Å². The second kappa shape index (κ2) is 7.30. The highest BCUT2D eigenvalue weighted by molar-refractivity contribution is 5.70. The molecule has 0 radical (unpaired) electrons. The Morgan fingerprint density at radius 1 is 1.00 bits per heavy atom. The van der Waals surface area contributed by atoms with E-state index in [1.165, 1.54) is 5.56 Å². The van der Waals surface area contributed by atoms with E-state index in [0.29, 0.717) is 0 Å². The third-order valence-corrected chi connectivity index (χ3v) is 3.16. The Morgan fingerprint density at radius 2 is 1.71 bits per heavy atom. The number of nitrogens with zero attached hydrogens (tertiary/aromatic N) is 1. The lowest BCUT2D eigenvalue weighted by atomic mass is 10.1. The van der Waals surface area contributed by atoms with E-state index in [4.69, 9.17) is 0 Å². The molecule has 0 aromatic heterocycles. The van der Waals surface area contributed by atoms with Crippen LogP contribution in [0.25, 0.3) is 0 Å². The maximum absolute atomic E-state index is 3.83. The fourth-order valence-corrected chi connectivity index (χ4v) is 2.29. The molecule has 0 N–H and O–H groups in total. The molecular weight excluding hydrogens is 254 g/mol. The van der Waals surface area contributed by atoms with Gasteiger partial charge in [0.25, 0.3) is 0 Å². The number of allylic oxidation sites excluding steroid dienone is 4. The SMILES string of the molecule is C=C/C=C(\C=C/C)N(c1ccccc1)c1cccc(C)c1. The summed E-state index contributed by atoms with van der Waals surface area (Å²) >= 11 is 0. The molecule has 0 saturated heterocycles. The van der Waals surface area contributed by atoms with Crippen molar-refractivity contribution in [1.82, 2.24) is 0 Å². The molecule has 106 valence electrons. The van der Waals surface area contributed by atoms with Crippen molar-refractivity contribution in [3.05, 3.63) is 96.7 Å². The van der Waals surface area contributed by atoms with Crippen LogP contribution < -0.4 is 4.90 Å². The molecule has 0 fully saturated rings. The Hall–Kier alpha value is -2.54. The molecule has 0 aliphatic heterocycles. The number of hydrogen-bond donors (Lipinski definition) is 0. The first kappa shape index (κ1) is 14.9. The highest BCUT2D eigenvalue weighted by atomic mass is 15.1. The summed E-state index contributed by atoms with van der Waals surface area (Å²) in [6.45, 7) is 7.97. The standard InChI is InChI=1S/C20H21N/c1-4-10-18(11-5-2)21(19-13-7-6-8-14-19)20-15-9-12-17(3)16-20/h4-16H,1H2,2-3H3/b11-5-,18-10+. The maximum Gasteiger partial charge on any atom is 0.0464 e. The van der Waals surface area contributed by atoms with Crippen LogP contribution in [0.1, 0.15) is 12.5 Å². The van der Waals surface area contributed by atoms with Crippen LogP contribution in [0.5, 0.6) is 0 Å². The van der Waals surface area contributed by atoms with Crippen LogP contribution in [0.15, 0.2) is 91.2 Å². The van der Waals surface area contributed by atoms with Crippen LogP contribution >= 0.6 is 0 Å². The molecule has 0 saturated carbocycles. The Labute approximate surface area is 127 Å². The summed E-state index contributed by atoms with van der Waals surface area (Å²) in [5, 5.41) is 0. The van der Waals surface area contributed by atoms with Crippen LogP contribution in [0.2, 0.25) is 0 Å². The van der Waals surface area contributed by atoms with Gasteiger partial charge in [0.05, 0.1) is 0 Å². The number of aryl methyl sites for hydroxylation is 1. The van der Waals surface area contributed by atoms with Gasteiger partial charge >= 0.3 is 0 Å². The molecule has 0 unspecified atom stereocenters. The van der Waals surface area contributed by atoms with Gasteiger partial charge in [-0.25, -0.2) is 0 Å². The Kier molecular flexibility index (Phi) is 5.16. The van der Waals surface area contributed by atoms with E-state index in [9.17, 15) is 0 Å². The minimum atomic E-state index is 1.09. The normalized spacial score (nSPS) is 11.6. The Balaban J connectivity index is 2.59. The van der Waals surface area contributed by atoms with Gasteiger partial charge in [0.1, 0.15) is 0 Å². The van der Waals surface area contributed by atoms with Gasteiger partial charge in [-0.15, -0.1) is 0 Å². The minimum absolute atomic E-state index is 1.09. The predicted molar refractivity (Wildman–Crippen MR) is 92.9 cm³/mol. The zero-order chi connectivity index (χ0) is 15.1. The topological polar surface area (TPSA) is 3.24 Å². The Morgan fingerprint density at radius 3 is 2.33 bits per heavy atom. The van der Waals surface area contributed by atoms with Crippen molar-refractivity contribution in [2.45, 2.75) is 13.8 Å². The lowest BCUT2D eigenvalue weighted by molar-refractivity contribution is 1.20. The van der Waals surface area contributed by atoms with Gasteiger partial charge in [-0.05, 0) is 55.8 Å². The van der Waals surface area contributed by atoms with Gasteiger partial charge in [-0.2, -0.15) is 0 Å². The van der Waals surface area contributed by atoms with E-state index < -0.39 is 0 Å². The van der Waals surface area contributed by atoms with Gasteiger partial charge in [0.15, 0.2) is 0 Å². The van der Waals surface area contributed by atoms with Crippen molar-refractivity contribution < 1.29 is 0 Å². The molecule has 0 amide bonds. The number of benzene rings is 2. The first-order valence-corrected chi connectivity index (χ1v) is 7.13. The summed E-state index contributed by atoms with van der Waals surface area (Å²) in [7, 11) is 0. The molecule has 0 aliphatic carbocycles. The Bertz CT molecular complexity index is 651. The minimum Gasteiger partial charge on any atom is -0.311 e. The van der Waals surface area contributed by atoms with Gasteiger partial charge in [-0.1, -0.05) is 49.1 Å². The van der Waals surface area contributed by atoms with E-state index in [1.807, 2.05) is 31.2 Å². The van der Waals surface area contributed by atoms with Crippen LogP contribution in [0, 0.1) is 6.92 Å². The number of rotatable bonds is 5. The van der Waals surface area contributed by atoms with Crippen molar-refractivity contribution in [3.63, 3.8) is 0 Å². The second-order valence-corrected chi connectivity index (χ2v) is 4.84. The molecule has 2 aromatic rings. The molecule has 0 heterocycles. The first-order chi connectivity index (χ1) is 10.3. The van der Waals surface area contributed by atoms with E-state index in [1.54, 1.807) is 0 Å². The van der Waals surface area contributed by atoms with Gasteiger partial charge < -0.3 is 4.90 Å². The number of hydrogen-bond acceptors (Lipinski definition) is 1. The fraction of sp³-hybridized carbons (Fsp3) is 0.100. The molecule has 2 aromatic carbocycles. The van der Waals surface area contributed by atoms with E-state index >= 15 is 0 Å². The zero-order valence-electron chi connectivity index (χ0n) is 12.7. The first-order valence-electron chi connectivity index (χ1n) is 7.13. The maximum atomic E-state index is 3.83. The average molecular weight is 275 g/mol. The molecule has 0 spiro atoms. The monoisotopic (exact) mass is 275 g/mol. The summed E-state index contributed by atoms with van der Waals surface area (Å²) in [4.78, 5) is 2.23. The van der Waals surface area contributed by atoms with Crippen LogP contribution in [-0.2, 0) is 0 Å². The molecule has 2 rings (SSSR count). The third-order valence-electron chi connectivity index (χ3n) is 3.16. The highest BCUT2D eigenvalue weighted by Crippen LogP contribution is 2.30. The van der Waals surface area contributed by atoms with Crippen LogP contribution in [-0.4, -0.2) is 0 Å². The summed E-state index contributed by atoms with van der Waals surface area (Å²) < 4.78 is 0. The quantitative estimate of drug-likeness (QED) is 0.625. The van der Waals surface area contributed by atoms with Gasteiger partial charge in [0, 0.05) is 17.1 Å². The predicted octanol–water partition coefficient (Wildman–Crippen LogP) is 5.78. The van der Waals surface area contributed by atoms with Crippen molar-refractivity contribution >= 4 is 11.4 Å². The summed E-state index contributed by atoms with van der Waals surface area (Å²) in [5.41, 5.74) is 4.61. The number of anilines is 2. The van der Waals surface area contributed by atoms with Gasteiger partial charge in [-0.3, -0.25) is 0 Å². The van der Waals surface area contributed by atoms with Crippen molar-refractivity contribution in [2.24, 2.45) is 0 Å². The van der Waals surface area contributed by atoms with E-state index in [0.717, 1.165) is 17.1 Å². The molecule has 0 aliphatic rings. The molecule has 1 heteroatoms. The summed E-state index contributed by atoms with van der Waals surface area (Å²) in [5.74, 6) is 0. The zero-order valence-corrected chi connectivity index (χ0v) is 12.7. The van der Waals surface area contributed by atoms with Crippen LogP contribution in [0.3, 0.4) is 0 Å². The van der Waals surface area contributed by atoms with E-state index in [-0.39, 0.29) is 0 Å². The fourth-order valence-electron chi connectivity index (χ4n) is 2.29. The highest BCUT2D eigenvalue weighted by Gasteiger charge is 2.12.